The SMILES string of the molecule is O=C(COc1ccc(F)cc1F)Nc1ccc(-n2ccnc2)cc1. The van der Waals surface area contributed by atoms with Crippen LogP contribution in [-0.2, 0) is 4.79 Å². The highest BCUT2D eigenvalue weighted by Crippen LogP contribution is 2.18. The minimum atomic E-state index is -0.854. The van der Waals surface area contributed by atoms with Gasteiger partial charge in [0, 0.05) is 29.8 Å². The summed E-state index contributed by atoms with van der Waals surface area (Å²) in [6.07, 6.45) is 5.14. The molecule has 0 unspecified atom stereocenters. The van der Waals surface area contributed by atoms with E-state index in [0.29, 0.717) is 11.8 Å². The average Bonchev–Trinajstić information content (AvgIpc) is 3.09. The summed E-state index contributed by atoms with van der Waals surface area (Å²) >= 11 is 0. The lowest BCUT2D eigenvalue weighted by molar-refractivity contribution is -0.118. The van der Waals surface area contributed by atoms with Crippen molar-refractivity contribution in [1.82, 2.24) is 9.55 Å². The van der Waals surface area contributed by atoms with Gasteiger partial charge in [-0.1, -0.05) is 0 Å². The fourth-order valence-electron chi connectivity index (χ4n) is 2.06. The van der Waals surface area contributed by atoms with Gasteiger partial charge in [-0.3, -0.25) is 4.79 Å². The third-order valence-corrected chi connectivity index (χ3v) is 3.21. The molecular weight excluding hydrogens is 316 g/mol. The first-order chi connectivity index (χ1) is 11.6. The van der Waals surface area contributed by atoms with Crippen LogP contribution in [0.25, 0.3) is 5.69 Å². The van der Waals surface area contributed by atoms with Crippen LogP contribution in [0, 0.1) is 11.6 Å². The standard InChI is InChI=1S/C17H13F2N3O2/c18-12-1-6-16(15(19)9-12)24-10-17(23)21-13-2-4-14(5-3-13)22-8-7-20-11-22/h1-9,11H,10H2,(H,21,23). The highest BCUT2D eigenvalue weighted by molar-refractivity contribution is 5.91. The van der Waals surface area contributed by atoms with Gasteiger partial charge in [0.05, 0.1) is 6.33 Å². The summed E-state index contributed by atoms with van der Waals surface area (Å²) in [6.45, 7) is -0.383. The number of hydrogen-bond donors (Lipinski definition) is 1. The summed E-state index contributed by atoms with van der Waals surface area (Å²) < 4.78 is 33.1. The van der Waals surface area contributed by atoms with E-state index in [9.17, 15) is 13.6 Å². The number of nitrogens with one attached hydrogen (secondary N) is 1. The maximum atomic E-state index is 13.4. The Hall–Kier alpha value is -3.22. The van der Waals surface area contributed by atoms with Gasteiger partial charge in [-0.15, -0.1) is 0 Å². The Balaban J connectivity index is 1.56. The molecule has 0 spiro atoms. The van der Waals surface area contributed by atoms with Crippen molar-refractivity contribution < 1.29 is 18.3 Å². The van der Waals surface area contributed by atoms with Gasteiger partial charge in [-0.05, 0) is 36.4 Å². The van der Waals surface area contributed by atoms with Crippen LogP contribution in [0.2, 0.25) is 0 Å². The number of rotatable bonds is 5. The lowest BCUT2D eigenvalue weighted by Gasteiger charge is -2.09. The topological polar surface area (TPSA) is 56.1 Å². The summed E-state index contributed by atoms with van der Waals surface area (Å²) in [6, 6.07) is 9.98. The van der Waals surface area contributed by atoms with Crippen LogP contribution in [0.3, 0.4) is 0 Å². The Bertz CT molecular complexity index is 834. The maximum Gasteiger partial charge on any atom is 0.262 e. The van der Waals surface area contributed by atoms with Crippen LogP contribution < -0.4 is 10.1 Å². The highest BCUT2D eigenvalue weighted by atomic mass is 19.1. The average molecular weight is 329 g/mol. The van der Waals surface area contributed by atoms with Crippen LogP contribution in [0.5, 0.6) is 5.75 Å². The van der Waals surface area contributed by atoms with Gasteiger partial charge in [-0.25, -0.2) is 13.8 Å². The first kappa shape index (κ1) is 15.7. The zero-order valence-electron chi connectivity index (χ0n) is 12.4. The minimum absolute atomic E-state index is 0.179. The Morgan fingerprint density at radius 3 is 2.62 bits per heavy atom. The molecule has 24 heavy (non-hydrogen) atoms. The smallest absolute Gasteiger partial charge is 0.262 e. The number of amides is 1. The van der Waals surface area contributed by atoms with E-state index in [-0.39, 0.29) is 12.4 Å². The van der Waals surface area contributed by atoms with Crippen molar-refractivity contribution in [3.63, 3.8) is 0 Å². The first-order valence-corrected chi connectivity index (χ1v) is 7.08. The van der Waals surface area contributed by atoms with Crippen molar-refractivity contribution in [2.75, 3.05) is 11.9 Å². The zero-order chi connectivity index (χ0) is 16.9. The number of carbonyl (C=O) groups excluding carboxylic acids is 1. The van der Waals surface area contributed by atoms with E-state index in [0.717, 1.165) is 17.8 Å². The third-order valence-electron chi connectivity index (χ3n) is 3.21. The summed E-state index contributed by atoms with van der Waals surface area (Å²) in [5.74, 6) is -2.19. The van der Waals surface area contributed by atoms with E-state index in [4.69, 9.17) is 4.74 Å². The second-order valence-corrected chi connectivity index (χ2v) is 4.93. The number of aromatic nitrogens is 2. The molecule has 0 aliphatic rings. The third kappa shape index (κ3) is 3.75. The van der Waals surface area contributed by atoms with Crippen LogP contribution in [0.1, 0.15) is 0 Å². The molecule has 0 saturated heterocycles. The van der Waals surface area contributed by atoms with Crippen molar-refractivity contribution in [2.24, 2.45) is 0 Å². The lowest BCUT2D eigenvalue weighted by Crippen LogP contribution is -2.20. The normalized spacial score (nSPS) is 10.4. The number of carbonyl (C=O) groups is 1. The molecule has 0 saturated carbocycles. The Morgan fingerprint density at radius 2 is 1.96 bits per heavy atom. The van der Waals surface area contributed by atoms with E-state index < -0.39 is 17.5 Å². The van der Waals surface area contributed by atoms with E-state index in [2.05, 4.69) is 10.3 Å². The van der Waals surface area contributed by atoms with Gasteiger partial charge in [0.15, 0.2) is 18.2 Å². The molecule has 0 fully saturated rings. The lowest BCUT2D eigenvalue weighted by atomic mass is 10.2. The molecule has 2 aromatic carbocycles. The van der Waals surface area contributed by atoms with Crippen LogP contribution in [0.15, 0.2) is 61.2 Å². The molecule has 7 heteroatoms. The summed E-state index contributed by atoms with van der Waals surface area (Å²) in [5, 5.41) is 2.63. The van der Waals surface area contributed by atoms with Crippen molar-refractivity contribution in [3.05, 3.63) is 72.8 Å². The van der Waals surface area contributed by atoms with Gasteiger partial charge in [0.2, 0.25) is 0 Å². The van der Waals surface area contributed by atoms with Crippen LogP contribution in [-0.4, -0.2) is 22.1 Å². The molecular formula is C17H13F2N3O2. The van der Waals surface area contributed by atoms with Gasteiger partial charge in [-0.2, -0.15) is 0 Å². The van der Waals surface area contributed by atoms with E-state index in [1.165, 1.54) is 0 Å². The number of anilines is 1. The fraction of sp³-hybridized carbons (Fsp3) is 0.0588. The summed E-state index contributed by atoms with van der Waals surface area (Å²) in [4.78, 5) is 15.8. The molecule has 1 aromatic heterocycles. The summed E-state index contributed by atoms with van der Waals surface area (Å²) in [5.41, 5.74) is 1.47. The van der Waals surface area contributed by atoms with Crippen LogP contribution in [0.4, 0.5) is 14.5 Å². The largest absolute Gasteiger partial charge is 0.481 e. The van der Waals surface area contributed by atoms with Crippen molar-refractivity contribution in [3.8, 4) is 11.4 Å². The fourth-order valence-corrected chi connectivity index (χ4v) is 2.06. The zero-order valence-corrected chi connectivity index (χ0v) is 12.4. The molecule has 0 aliphatic carbocycles. The molecule has 0 bridgehead atoms. The molecule has 122 valence electrons. The predicted octanol–water partition coefficient (Wildman–Crippen LogP) is 3.17. The predicted molar refractivity (Wildman–Crippen MR) is 84.0 cm³/mol. The number of nitrogens with zero attached hydrogens (tertiary/aromatic N) is 2. The molecule has 3 rings (SSSR count). The quantitative estimate of drug-likeness (QED) is 0.782. The Kier molecular flexibility index (Phi) is 4.51. The van der Waals surface area contributed by atoms with Gasteiger partial charge >= 0.3 is 0 Å². The highest BCUT2D eigenvalue weighted by Gasteiger charge is 2.08. The van der Waals surface area contributed by atoms with Gasteiger partial charge < -0.3 is 14.6 Å². The molecule has 1 N–H and O–H groups in total. The number of ether oxygens (including phenoxy) is 1. The summed E-state index contributed by atoms with van der Waals surface area (Å²) in [7, 11) is 0. The minimum Gasteiger partial charge on any atom is -0.481 e. The number of halogens is 2. The van der Waals surface area contributed by atoms with E-state index >= 15 is 0 Å². The van der Waals surface area contributed by atoms with Crippen LogP contribution >= 0.6 is 0 Å². The second kappa shape index (κ2) is 6.91. The monoisotopic (exact) mass is 329 g/mol. The van der Waals surface area contributed by atoms with Gasteiger partial charge in [0.1, 0.15) is 5.82 Å². The molecule has 0 aliphatic heterocycles. The first-order valence-electron chi connectivity index (χ1n) is 7.08. The molecule has 1 heterocycles. The Morgan fingerprint density at radius 1 is 1.17 bits per heavy atom. The van der Waals surface area contributed by atoms with E-state index in [1.54, 1.807) is 30.9 Å². The number of hydrogen-bond acceptors (Lipinski definition) is 3. The van der Waals surface area contributed by atoms with Gasteiger partial charge in [0.25, 0.3) is 5.91 Å². The number of benzene rings is 2. The Labute approximate surface area is 136 Å². The molecule has 3 aromatic rings. The second-order valence-electron chi connectivity index (χ2n) is 4.93. The van der Waals surface area contributed by atoms with Crippen molar-refractivity contribution >= 4 is 11.6 Å². The number of imidazole rings is 1. The van der Waals surface area contributed by atoms with Crippen molar-refractivity contribution in [2.45, 2.75) is 0 Å². The molecule has 0 radical (unpaired) electrons. The molecule has 1 amide bonds. The molecule has 0 atom stereocenters. The van der Waals surface area contributed by atoms with E-state index in [1.807, 2.05) is 16.7 Å². The maximum absolute atomic E-state index is 13.4. The molecule has 5 nitrogen and oxygen atoms in total. The van der Waals surface area contributed by atoms with Crippen molar-refractivity contribution in [1.29, 1.82) is 0 Å².